The molecule has 0 bridgehead atoms. The third-order valence-corrected chi connectivity index (χ3v) is 7.19. The Balaban J connectivity index is 1.84. The van der Waals surface area contributed by atoms with Gasteiger partial charge in [-0.25, -0.2) is 32.9 Å². The highest BCUT2D eigenvalue weighted by Crippen LogP contribution is 2.30. The van der Waals surface area contributed by atoms with Gasteiger partial charge in [0.05, 0.1) is 20.5 Å². The van der Waals surface area contributed by atoms with E-state index in [1.807, 2.05) is 6.92 Å². The molecule has 200 valence electrons. The molecule has 0 aliphatic heterocycles. The van der Waals surface area contributed by atoms with Gasteiger partial charge in [0.15, 0.2) is 17.3 Å². The fourth-order valence-electron chi connectivity index (χ4n) is 3.54. The monoisotopic (exact) mass is 543 g/mol. The van der Waals surface area contributed by atoms with Crippen LogP contribution in [-0.4, -0.2) is 74.7 Å². The molecule has 2 N–H and O–H groups in total. The summed E-state index contributed by atoms with van der Waals surface area (Å²) in [7, 11) is -0.112. The minimum absolute atomic E-state index is 0.0243. The maximum Gasteiger partial charge on any atom is 0.279 e. The molecule has 0 saturated carbocycles. The van der Waals surface area contributed by atoms with Crippen molar-refractivity contribution < 1.29 is 22.6 Å². The third-order valence-electron chi connectivity index (χ3n) is 5.50. The number of nitrogens with one attached hydrogen (secondary N) is 2. The molecule has 0 fully saturated rings. The van der Waals surface area contributed by atoms with Gasteiger partial charge >= 0.3 is 0 Å². The van der Waals surface area contributed by atoms with Gasteiger partial charge in [0, 0.05) is 25.6 Å². The minimum Gasteiger partial charge on any atom is -0.481 e. The van der Waals surface area contributed by atoms with Crippen LogP contribution < -0.4 is 19.8 Å². The number of anilines is 1. The third kappa shape index (κ3) is 5.16. The maximum atomic E-state index is 13.5. The Morgan fingerprint density at radius 3 is 2.45 bits per heavy atom. The maximum absolute atomic E-state index is 13.5. The van der Waals surface area contributed by atoms with Crippen molar-refractivity contribution in [3.8, 4) is 29.0 Å². The molecule has 4 aromatic rings. The van der Waals surface area contributed by atoms with E-state index in [1.54, 1.807) is 30.6 Å². The van der Waals surface area contributed by atoms with Gasteiger partial charge in [0.25, 0.3) is 5.56 Å². The fraction of sp³-hybridized carbons (Fsp3) is 0.318. The van der Waals surface area contributed by atoms with Gasteiger partial charge in [0.1, 0.15) is 17.0 Å². The number of rotatable bonds is 10. The zero-order valence-electron chi connectivity index (χ0n) is 21.1. The highest BCUT2D eigenvalue weighted by Gasteiger charge is 2.35. The topological polar surface area (TPSA) is 189 Å². The van der Waals surface area contributed by atoms with Crippen LogP contribution >= 0.6 is 0 Å². The first-order valence-electron chi connectivity index (χ1n) is 11.1. The molecule has 0 aliphatic rings. The molecule has 16 heteroatoms. The summed E-state index contributed by atoms with van der Waals surface area (Å²) < 4.78 is 46.5. The van der Waals surface area contributed by atoms with E-state index in [0.717, 1.165) is 16.5 Å². The molecule has 0 saturated heterocycles. The normalized spacial score (nSPS) is 13.1. The van der Waals surface area contributed by atoms with E-state index < -0.39 is 26.9 Å². The molecule has 15 nitrogen and oxygen atoms in total. The minimum atomic E-state index is -4.22. The van der Waals surface area contributed by atoms with Crippen LogP contribution in [-0.2, 0) is 14.8 Å². The van der Waals surface area contributed by atoms with Crippen LogP contribution in [0.5, 0.6) is 11.8 Å². The Kier molecular flexibility index (Phi) is 7.63. The number of sulfonamides is 1. The summed E-state index contributed by atoms with van der Waals surface area (Å²) >= 11 is 0. The molecule has 0 amide bonds. The van der Waals surface area contributed by atoms with Gasteiger partial charge in [-0.2, -0.15) is 0 Å². The van der Waals surface area contributed by atoms with Gasteiger partial charge in [-0.1, -0.05) is 6.07 Å². The molecule has 2 atom stereocenters. The van der Waals surface area contributed by atoms with E-state index in [4.69, 9.17) is 14.2 Å². The van der Waals surface area contributed by atoms with E-state index in [9.17, 15) is 13.2 Å². The molecule has 0 aromatic carbocycles. The van der Waals surface area contributed by atoms with Crippen molar-refractivity contribution in [1.29, 1.82) is 0 Å². The zero-order valence-corrected chi connectivity index (χ0v) is 21.9. The first-order valence-corrected chi connectivity index (χ1v) is 12.7. The second kappa shape index (κ2) is 10.9. The second-order valence-electron chi connectivity index (χ2n) is 7.96. The van der Waals surface area contributed by atoms with Crippen molar-refractivity contribution in [2.75, 3.05) is 26.1 Å². The summed E-state index contributed by atoms with van der Waals surface area (Å²) in [4.78, 5) is 32.1. The molecule has 4 aromatic heterocycles. The number of ether oxygens (including phenoxy) is 3. The van der Waals surface area contributed by atoms with Crippen LogP contribution in [0.2, 0.25) is 0 Å². The smallest absolute Gasteiger partial charge is 0.279 e. The van der Waals surface area contributed by atoms with Crippen LogP contribution in [0.4, 0.5) is 5.95 Å². The van der Waals surface area contributed by atoms with Crippen molar-refractivity contribution >= 4 is 16.0 Å². The van der Waals surface area contributed by atoms with Gasteiger partial charge in [-0.15, -0.1) is 10.2 Å². The summed E-state index contributed by atoms with van der Waals surface area (Å²) in [6.07, 6.45) is 3.26. The highest BCUT2D eigenvalue weighted by molar-refractivity contribution is 7.93. The molecular formula is C22H25N9O6S. The van der Waals surface area contributed by atoms with E-state index in [2.05, 4.69) is 39.8 Å². The summed E-state index contributed by atoms with van der Waals surface area (Å²) in [5, 5.41) is 6.93. The molecule has 4 rings (SSSR count). The molecular weight excluding hydrogens is 518 g/mol. The van der Waals surface area contributed by atoms with Crippen molar-refractivity contribution in [2.45, 2.75) is 25.2 Å². The van der Waals surface area contributed by atoms with Crippen molar-refractivity contribution in [2.24, 2.45) is 0 Å². The van der Waals surface area contributed by atoms with Crippen LogP contribution in [0.25, 0.3) is 17.2 Å². The van der Waals surface area contributed by atoms with E-state index in [-0.39, 0.29) is 40.7 Å². The van der Waals surface area contributed by atoms with Gasteiger partial charge in [0.2, 0.25) is 27.7 Å². The predicted octanol–water partition coefficient (Wildman–Crippen LogP) is 1.05. The molecule has 2 unspecified atom stereocenters. The van der Waals surface area contributed by atoms with E-state index in [1.165, 1.54) is 28.3 Å². The standard InChI is InChI=1S/C22H25N9O6S/c1-12-9-23-18(24-10-12)17(36-4)13(2)38(33,34)30-22-29-28-19(14-7-6-8-15(27-14)35-3)31(22)16-20(32)25-11-26-21(16)37-5/h6-11,13,17H,1-5H3,(H,29,30)(H,25,26,32). The average Bonchev–Trinajstić information content (AvgIpc) is 3.32. The lowest BCUT2D eigenvalue weighted by Crippen LogP contribution is -2.34. The first kappa shape index (κ1) is 26.6. The molecule has 0 aliphatic carbocycles. The Bertz CT molecular complexity index is 1590. The number of pyridine rings is 1. The summed E-state index contributed by atoms with van der Waals surface area (Å²) in [6, 6.07) is 4.86. The Hall–Kier alpha value is -4.44. The number of H-pyrrole nitrogens is 1. The van der Waals surface area contributed by atoms with Crippen LogP contribution in [0.3, 0.4) is 0 Å². The predicted molar refractivity (Wildman–Crippen MR) is 135 cm³/mol. The second-order valence-corrected chi connectivity index (χ2v) is 10.0. The van der Waals surface area contributed by atoms with Crippen LogP contribution in [0.1, 0.15) is 24.4 Å². The Morgan fingerprint density at radius 1 is 1.05 bits per heavy atom. The van der Waals surface area contributed by atoms with E-state index in [0.29, 0.717) is 0 Å². The number of aromatic nitrogens is 8. The molecule has 0 radical (unpaired) electrons. The summed E-state index contributed by atoms with van der Waals surface area (Å²) in [6.45, 7) is 3.24. The molecule has 0 spiro atoms. The first-order chi connectivity index (χ1) is 18.2. The van der Waals surface area contributed by atoms with Crippen LogP contribution in [0.15, 0.2) is 41.7 Å². The Morgan fingerprint density at radius 2 is 1.79 bits per heavy atom. The molecule has 4 heterocycles. The lowest BCUT2D eigenvalue weighted by molar-refractivity contribution is 0.0949. The number of hydrogen-bond donors (Lipinski definition) is 2. The molecule has 38 heavy (non-hydrogen) atoms. The van der Waals surface area contributed by atoms with Gasteiger partial charge in [-0.3, -0.25) is 9.52 Å². The summed E-state index contributed by atoms with van der Waals surface area (Å²) in [5.41, 5.74) is 0.232. The fourth-order valence-corrected chi connectivity index (χ4v) is 4.67. The van der Waals surface area contributed by atoms with Crippen LogP contribution in [0, 0.1) is 6.92 Å². The Labute approximate surface area is 217 Å². The van der Waals surface area contributed by atoms with Crippen molar-refractivity contribution in [1.82, 2.24) is 39.7 Å². The van der Waals surface area contributed by atoms with Crippen molar-refractivity contribution in [3.63, 3.8) is 0 Å². The van der Waals surface area contributed by atoms with Gasteiger partial charge < -0.3 is 19.2 Å². The number of nitrogens with zero attached hydrogens (tertiary/aromatic N) is 7. The zero-order chi connectivity index (χ0) is 27.4. The average molecular weight is 544 g/mol. The van der Waals surface area contributed by atoms with E-state index >= 15 is 0 Å². The number of aromatic amines is 1. The number of methoxy groups -OCH3 is 3. The lowest BCUT2D eigenvalue weighted by Gasteiger charge is -2.22. The number of hydrogen-bond acceptors (Lipinski definition) is 12. The SMILES string of the molecule is COc1cccc(-c2nnc(NS(=O)(=O)C(C)C(OC)c3ncc(C)cn3)n2-c2c(OC)nc[nH]c2=O)n1. The number of aryl methyl sites for hydroxylation is 1. The quantitative estimate of drug-likeness (QED) is 0.290. The highest BCUT2D eigenvalue weighted by atomic mass is 32.2. The largest absolute Gasteiger partial charge is 0.481 e. The van der Waals surface area contributed by atoms with Crippen molar-refractivity contribution in [3.05, 3.63) is 58.7 Å². The lowest BCUT2D eigenvalue weighted by atomic mass is 10.2. The van der Waals surface area contributed by atoms with Gasteiger partial charge in [-0.05, 0) is 25.5 Å². The summed E-state index contributed by atoms with van der Waals surface area (Å²) in [5.74, 6) is 0.0585.